The zero-order valence-corrected chi connectivity index (χ0v) is 35.4. The highest BCUT2D eigenvalue weighted by atomic mass is 31.2. The van der Waals surface area contributed by atoms with Gasteiger partial charge in [0.05, 0.1) is 55.9 Å². The van der Waals surface area contributed by atoms with Crippen LogP contribution in [-0.4, -0.2) is 172 Å². The molecule has 0 aromatic heterocycles. The molecule has 5 N–H and O–H groups in total. The average molecular weight is 833 g/mol. The maximum absolute atomic E-state index is 12.4. The van der Waals surface area contributed by atoms with E-state index in [4.69, 9.17) is 82.9 Å². The van der Waals surface area contributed by atoms with E-state index in [2.05, 4.69) is 10.8 Å². The van der Waals surface area contributed by atoms with Crippen LogP contribution in [0.4, 0.5) is 0 Å². The first-order chi connectivity index (χ1) is 26.0. The second-order valence-corrected chi connectivity index (χ2v) is 18.0. The van der Waals surface area contributed by atoms with E-state index in [0.717, 1.165) is 13.0 Å². The van der Waals surface area contributed by atoms with Crippen molar-refractivity contribution in [1.29, 1.82) is 0 Å². The maximum Gasteiger partial charge on any atom is 0.268 e. The molecule has 0 aromatic rings. The van der Waals surface area contributed by atoms with Gasteiger partial charge in [-0.15, -0.1) is 0 Å². The number of aliphatic hydroxyl groups is 1. The lowest BCUT2D eigenvalue weighted by atomic mass is 9.93. The number of rotatable bonds is 16. The van der Waals surface area contributed by atoms with Gasteiger partial charge in [0.15, 0.2) is 0 Å². The summed E-state index contributed by atoms with van der Waals surface area (Å²) in [6.45, 7) is 16.1. The van der Waals surface area contributed by atoms with Gasteiger partial charge >= 0.3 is 0 Å². The smallest absolute Gasteiger partial charge is 0.268 e. The van der Waals surface area contributed by atoms with Crippen LogP contribution in [0.1, 0.15) is 68.2 Å². The monoisotopic (exact) mass is 833 g/mol. The average Bonchev–Trinajstić information content (AvgIpc) is 3.84. The third-order valence-electron chi connectivity index (χ3n) is 8.79. The molecule has 0 amide bonds. The Balaban J connectivity index is 0.000000251. The number of aliphatic hydroxyl groups excluding tert-OH is 1. The van der Waals surface area contributed by atoms with Crippen LogP contribution < -0.4 is 20.6 Å². The minimum absolute atomic E-state index is 0.0280. The molecule has 0 aromatic carbocycles. The van der Waals surface area contributed by atoms with Gasteiger partial charge in [-0.3, -0.25) is 14.2 Å². The molecule has 0 aliphatic carbocycles. The Kier molecular flexibility index (Phi) is 20.5. The molecule has 0 bridgehead atoms. The standard InChI is InChI=1S/C16H30B2NO8P.C8H16BNO2.C8H14BO6P/c1-8(2)23-7-12-15(14(20)16(18)26-12)27-28(21,22)19-6-11-10(24-9(3)4)5-13(17)25-11;1-5(2)11-6-3-8(9)12-7(6)4-10;1-4(2)12-3-5-6-7(8(9)13-5)15-16(10,11)14-6/h8-16,20H,5-7H2,1-4H3,(H2,19,21,22);5-8H,3-4,10H2,1-2H3;4-8H,3H2,1-2H3,(H,10,11)/p-1/t10-,11-,12-,13-,14?,15+,16-;6-,7-,8-;5-,6+,7?,8-/m111/s1. The van der Waals surface area contributed by atoms with Crippen molar-refractivity contribution in [3.8, 4) is 0 Å². The Morgan fingerprint density at radius 1 is 0.768 bits per heavy atom. The molecule has 18 nitrogen and oxygen atoms in total. The molecule has 0 spiro atoms. The highest BCUT2D eigenvalue weighted by Gasteiger charge is 2.52. The van der Waals surface area contributed by atoms with Crippen molar-refractivity contribution < 1.29 is 81.2 Å². The SMILES string of the molecule is [B][C@@H]1O[C@H](COC(C)C)[C@@H]2OP(=O)([O-])OC12.[B][C@@H]1O[C@H](COC(C)C)[C@H](OP(=O)([O-])NC[C@H]2O[C@@H]([B])C[C@H]2OC(C)C)C1O.[B][C@H]1C[C@@H](OC(C)C)[C@@H](C[NH3+])O1. The van der Waals surface area contributed by atoms with Gasteiger partial charge in [-0.25, -0.2) is 0 Å². The Hall–Kier alpha value is 0.0797. The highest BCUT2D eigenvalue weighted by molar-refractivity contribution is 7.49. The van der Waals surface area contributed by atoms with Gasteiger partial charge in [0.1, 0.15) is 80.7 Å². The van der Waals surface area contributed by atoms with Gasteiger partial charge in [0.2, 0.25) is 7.75 Å². The fourth-order valence-electron chi connectivity index (χ4n) is 6.38. The van der Waals surface area contributed by atoms with Crippen LogP contribution in [0.3, 0.4) is 0 Å². The largest absolute Gasteiger partial charge is 0.766 e. The molecule has 4 unspecified atom stereocenters. The number of phosphoric acid groups is 1. The van der Waals surface area contributed by atoms with Crippen LogP contribution in [0.25, 0.3) is 0 Å². The van der Waals surface area contributed by atoms with Crippen molar-refractivity contribution in [3.05, 3.63) is 0 Å². The molecular weight excluding hydrogens is 774 g/mol. The predicted octanol–water partition coefficient (Wildman–Crippen LogP) is -1.95. The summed E-state index contributed by atoms with van der Waals surface area (Å²) in [5.74, 6) is 0. The predicted molar refractivity (Wildman–Crippen MR) is 201 cm³/mol. The fraction of sp³-hybridized carbons (Fsp3) is 1.00. The molecule has 24 heteroatoms. The topological polar surface area (TPSA) is 242 Å². The Morgan fingerprint density at radius 3 is 1.77 bits per heavy atom. The maximum atomic E-state index is 12.4. The molecular formula is C32H59B4N2O16P2-. The van der Waals surface area contributed by atoms with E-state index in [-0.39, 0.29) is 68.5 Å². The summed E-state index contributed by atoms with van der Waals surface area (Å²) in [5, 5.41) is 12.5. The zero-order chi connectivity index (χ0) is 42.1. The molecule has 5 aliphatic heterocycles. The number of hydrogen-bond acceptors (Lipinski definition) is 16. The number of nitrogens with one attached hydrogen (secondary N) is 1. The van der Waals surface area contributed by atoms with Crippen molar-refractivity contribution in [2.75, 3.05) is 26.3 Å². The van der Waals surface area contributed by atoms with Gasteiger partial charge in [0, 0.05) is 30.6 Å². The Morgan fingerprint density at radius 2 is 1.25 bits per heavy atom. The second-order valence-electron chi connectivity index (χ2n) is 15.2. The molecule has 8 radical (unpaired) electrons. The summed E-state index contributed by atoms with van der Waals surface area (Å²) < 4.78 is 81.9. The number of ether oxygens (including phenoxy) is 8. The molecule has 5 heterocycles. The normalized spacial score (nSPS) is 40.5. The molecule has 0 saturated carbocycles. The van der Waals surface area contributed by atoms with Crippen LogP contribution in [0.2, 0.25) is 0 Å². The minimum atomic E-state index is -4.55. The molecule has 316 valence electrons. The van der Waals surface area contributed by atoms with Crippen molar-refractivity contribution in [1.82, 2.24) is 5.09 Å². The van der Waals surface area contributed by atoms with Crippen molar-refractivity contribution in [2.45, 2.75) is 178 Å². The van der Waals surface area contributed by atoms with E-state index in [1.54, 1.807) is 0 Å². The summed E-state index contributed by atoms with van der Waals surface area (Å²) in [6.07, 6.45) is -4.55. The van der Waals surface area contributed by atoms with Crippen LogP contribution in [0.5, 0.6) is 0 Å². The minimum Gasteiger partial charge on any atom is -0.766 e. The third-order valence-corrected chi connectivity index (χ3v) is 10.9. The lowest BCUT2D eigenvalue weighted by Crippen LogP contribution is -2.58. The van der Waals surface area contributed by atoms with Crippen LogP contribution in [0, 0.1) is 0 Å². The van der Waals surface area contributed by atoms with Gasteiger partial charge in [0.25, 0.3) is 7.82 Å². The van der Waals surface area contributed by atoms with E-state index < -0.39 is 76.3 Å². The second kappa shape index (κ2) is 22.8. The van der Waals surface area contributed by atoms with E-state index >= 15 is 0 Å². The van der Waals surface area contributed by atoms with Crippen LogP contribution in [0.15, 0.2) is 0 Å². The van der Waals surface area contributed by atoms with Gasteiger partial charge in [-0.05, 0) is 68.2 Å². The molecule has 56 heavy (non-hydrogen) atoms. The zero-order valence-electron chi connectivity index (χ0n) is 33.6. The number of phosphoric ester groups is 1. The summed E-state index contributed by atoms with van der Waals surface area (Å²) >= 11 is 0. The van der Waals surface area contributed by atoms with Crippen LogP contribution >= 0.6 is 15.6 Å². The van der Waals surface area contributed by atoms with Crippen molar-refractivity contribution in [2.24, 2.45) is 0 Å². The van der Waals surface area contributed by atoms with E-state index in [1.165, 1.54) is 0 Å². The number of quaternary nitrogens is 1. The summed E-state index contributed by atoms with van der Waals surface area (Å²) in [5.41, 5.74) is 3.80. The lowest BCUT2D eigenvalue weighted by molar-refractivity contribution is -0.388. The number of fused-ring (bicyclic) bond motifs is 1. The Labute approximate surface area is 336 Å². The molecule has 5 saturated heterocycles. The Bertz CT molecular complexity index is 1270. The number of hydrogen-bond donors (Lipinski definition) is 3. The quantitative estimate of drug-likeness (QED) is 0.113. The first-order valence-electron chi connectivity index (χ1n) is 19.1. The molecule has 5 rings (SSSR count). The van der Waals surface area contributed by atoms with Gasteiger partial charge in [-0.2, -0.15) is 0 Å². The summed E-state index contributed by atoms with van der Waals surface area (Å²) in [6, 6.07) is -2.55. The third kappa shape index (κ3) is 16.2. The highest BCUT2D eigenvalue weighted by Crippen LogP contribution is 2.53. The van der Waals surface area contributed by atoms with E-state index in [9.17, 15) is 24.0 Å². The molecule has 16 atom stereocenters. The van der Waals surface area contributed by atoms with Gasteiger partial charge in [-0.1, -0.05) is 0 Å². The van der Waals surface area contributed by atoms with Crippen molar-refractivity contribution >= 4 is 47.0 Å². The fourth-order valence-corrected chi connectivity index (χ4v) is 8.58. The molecule has 5 aliphatic rings. The first kappa shape index (κ1) is 50.4. The summed E-state index contributed by atoms with van der Waals surface area (Å²) in [7, 11) is 13.9. The first-order valence-corrected chi connectivity index (χ1v) is 22.1. The van der Waals surface area contributed by atoms with E-state index in [1.807, 2.05) is 55.4 Å². The van der Waals surface area contributed by atoms with Crippen molar-refractivity contribution in [3.63, 3.8) is 0 Å². The van der Waals surface area contributed by atoms with E-state index in [0.29, 0.717) is 6.42 Å². The molecule has 5 fully saturated rings. The van der Waals surface area contributed by atoms with Gasteiger partial charge < -0.3 is 72.1 Å². The van der Waals surface area contributed by atoms with Crippen LogP contribution in [-0.2, 0) is 60.6 Å². The summed E-state index contributed by atoms with van der Waals surface area (Å²) in [4.78, 5) is 23.5. The lowest BCUT2D eigenvalue weighted by Gasteiger charge is -2.32.